The fourth-order valence-electron chi connectivity index (χ4n) is 4.15. The number of piperazine rings is 1. The number of amides is 2. The second kappa shape index (κ2) is 7.50. The molecular formula is C20H27N5O3. The van der Waals surface area contributed by atoms with Crippen LogP contribution in [0, 0.1) is 6.92 Å². The zero-order chi connectivity index (χ0) is 19.8. The van der Waals surface area contributed by atoms with Gasteiger partial charge in [-0.15, -0.1) is 0 Å². The average Bonchev–Trinajstić information content (AvgIpc) is 3.08. The Bertz CT molecular complexity index is 907. The minimum Gasteiger partial charge on any atom is -0.337 e. The van der Waals surface area contributed by atoms with Crippen molar-refractivity contribution in [3.05, 3.63) is 23.0 Å². The molecule has 2 fully saturated rings. The lowest BCUT2D eigenvalue weighted by molar-refractivity contribution is -0.135. The van der Waals surface area contributed by atoms with Gasteiger partial charge >= 0.3 is 0 Å². The smallest absolute Gasteiger partial charge is 0.259 e. The molecule has 0 spiro atoms. The molecule has 2 amide bonds. The maximum Gasteiger partial charge on any atom is 0.259 e. The van der Waals surface area contributed by atoms with Crippen molar-refractivity contribution in [3.63, 3.8) is 0 Å². The molecule has 28 heavy (non-hydrogen) atoms. The lowest BCUT2D eigenvalue weighted by Crippen LogP contribution is -2.57. The number of pyridine rings is 1. The van der Waals surface area contributed by atoms with Gasteiger partial charge in [-0.25, -0.2) is 4.98 Å². The zero-order valence-electron chi connectivity index (χ0n) is 16.7. The van der Waals surface area contributed by atoms with Crippen LogP contribution < -0.4 is 5.32 Å². The Balaban J connectivity index is 1.63. The number of nitrogens with one attached hydrogen (secondary N) is 1. The molecule has 0 saturated carbocycles. The highest BCUT2D eigenvalue weighted by Crippen LogP contribution is 2.27. The second-order valence-corrected chi connectivity index (χ2v) is 8.01. The summed E-state index contributed by atoms with van der Waals surface area (Å²) >= 11 is 0. The summed E-state index contributed by atoms with van der Waals surface area (Å²) in [5, 5.41) is 7.81. The predicted molar refractivity (Wildman–Crippen MR) is 104 cm³/mol. The number of fused-ring (bicyclic) bond motifs is 1. The van der Waals surface area contributed by atoms with Gasteiger partial charge in [-0.3, -0.25) is 9.59 Å². The maximum atomic E-state index is 13.5. The van der Waals surface area contributed by atoms with Crippen LogP contribution in [0.15, 0.2) is 10.6 Å². The molecular weight excluding hydrogens is 358 g/mol. The summed E-state index contributed by atoms with van der Waals surface area (Å²) in [6.45, 7) is 9.06. The monoisotopic (exact) mass is 385 g/mol. The molecule has 4 rings (SSSR count). The van der Waals surface area contributed by atoms with Crippen molar-refractivity contribution in [2.75, 3.05) is 32.7 Å². The Morgan fingerprint density at radius 3 is 2.93 bits per heavy atom. The minimum atomic E-state index is -0.0344. The molecule has 1 unspecified atom stereocenters. The summed E-state index contributed by atoms with van der Waals surface area (Å²) in [5.74, 6) is 0.260. The van der Waals surface area contributed by atoms with Crippen molar-refractivity contribution in [1.29, 1.82) is 0 Å². The highest BCUT2D eigenvalue weighted by atomic mass is 16.5. The van der Waals surface area contributed by atoms with Gasteiger partial charge in [0.2, 0.25) is 5.91 Å². The van der Waals surface area contributed by atoms with Crippen LogP contribution in [0.1, 0.15) is 54.4 Å². The van der Waals surface area contributed by atoms with E-state index in [4.69, 9.17) is 4.52 Å². The molecule has 2 aliphatic rings. The van der Waals surface area contributed by atoms with E-state index < -0.39 is 0 Å². The molecule has 8 heteroatoms. The van der Waals surface area contributed by atoms with Crippen molar-refractivity contribution in [2.45, 2.75) is 45.6 Å². The number of rotatable bonds is 3. The molecule has 4 heterocycles. The van der Waals surface area contributed by atoms with Crippen LogP contribution in [-0.4, -0.2) is 70.5 Å². The molecule has 2 aromatic heterocycles. The van der Waals surface area contributed by atoms with Crippen LogP contribution >= 0.6 is 0 Å². The van der Waals surface area contributed by atoms with Gasteiger partial charge in [-0.2, -0.15) is 0 Å². The molecule has 8 nitrogen and oxygen atoms in total. The van der Waals surface area contributed by atoms with Crippen molar-refractivity contribution in [1.82, 2.24) is 25.3 Å². The standard InChI is InChI=1S/C20H27N5O3/c1-12(2)16-9-15(18-13(3)23-28-19(18)22-16)20(27)24-7-4-5-14(11-24)25-8-6-21-10-17(25)26/h9,12,14,21H,4-8,10-11H2,1-3H3. The Hall–Kier alpha value is -2.48. The number of aryl methyl sites for hydroxylation is 1. The van der Waals surface area contributed by atoms with Crippen LogP contribution in [0.4, 0.5) is 0 Å². The Morgan fingerprint density at radius 2 is 2.18 bits per heavy atom. The first kappa shape index (κ1) is 18.9. The molecule has 1 N–H and O–H groups in total. The van der Waals surface area contributed by atoms with Crippen molar-refractivity contribution in [2.24, 2.45) is 0 Å². The van der Waals surface area contributed by atoms with Gasteiger partial charge < -0.3 is 19.6 Å². The number of aromatic nitrogens is 2. The Morgan fingerprint density at radius 1 is 1.36 bits per heavy atom. The third kappa shape index (κ3) is 3.37. The topological polar surface area (TPSA) is 91.6 Å². The number of carbonyl (C=O) groups is 2. The Kier molecular flexibility index (Phi) is 5.05. The van der Waals surface area contributed by atoms with E-state index >= 15 is 0 Å². The molecule has 2 aromatic rings. The number of carbonyl (C=O) groups excluding carboxylic acids is 2. The summed E-state index contributed by atoms with van der Waals surface area (Å²) in [6, 6.07) is 1.96. The largest absolute Gasteiger partial charge is 0.337 e. The lowest BCUT2D eigenvalue weighted by atomic mass is 9.99. The van der Waals surface area contributed by atoms with E-state index in [1.165, 1.54) is 0 Å². The van der Waals surface area contributed by atoms with Crippen molar-refractivity contribution < 1.29 is 14.1 Å². The summed E-state index contributed by atoms with van der Waals surface area (Å²) < 4.78 is 5.36. The normalized spacial score (nSPS) is 21.0. The first-order valence-electron chi connectivity index (χ1n) is 10.0. The first-order chi connectivity index (χ1) is 13.5. The third-order valence-corrected chi connectivity index (χ3v) is 5.71. The molecule has 150 valence electrons. The number of hydrogen-bond acceptors (Lipinski definition) is 6. The van der Waals surface area contributed by atoms with E-state index in [1.807, 2.05) is 36.6 Å². The summed E-state index contributed by atoms with van der Waals surface area (Å²) in [7, 11) is 0. The molecule has 1 atom stereocenters. The van der Waals surface area contributed by atoms with E-state index in [-0.39, 0.29) is 23.8 Å². The predicted octanol–water partition coefficient (Wildman–Crippen LogP) is 1.69. The number of hydrogen-bond donors (Lipinski definition) is 1. The third-order valence-electron chi connectivity index (χ3n) is 5.71. The van der Waals surface area contributed by atoms with Crippen LogP contribution in [0.25, 0.3) is 11.1 Å². The van der Waals surface area contributed by atoms with Crippen LogP contribution in [0.3, 0.4) is 0 Å². The first-order valence-corrected chi connectivity index (χ1v) is 10.0. The molecule has 0 radical (unpaired) electrons. The van der Waals surface area contributed by atoms with Crippen LogP contribution in [-0.2, 0) is 4.79 Å². The van der Waals surface area contributed by atoms with Gasteiger partial charge in [0.25, 0.3) is 11.6 Å². The fourth-order valence-corrected chi connectivity index (χ4v) is 4.15. The number of likely N-dealkylation sites (tertiary alicyclic amines) is 1. The van der Waals surface area contributed by atoms with E-state index in [9.17, 15) is 9.59 Å². The number of nitrogens with zero attached hydrogens (tertiary/aromatic N) is 4. The van der Waals surface area contributed by atoms with Gasteiger partial charge in [-0.1, -0.05) is 19.0 Å². The Labute approximate surface area is 164 Å². The number of piperidine rings is 1. The maximum absolute atomic E-state index is 13.5. The van der Waals surface area contributed by atoms with Crippen molar-refractivity contribution >= 4 is 22.9 Å². The molecule has 0 bridgehead atoms. The fraction of sp³-hybridized carbons (Fsp3) is 0.600. The van der Waals surface area contributed by atoms with Gasteiger partial charge in [0.05, 0.1) is 23.2 Å². The van der Waals surface area contributed by atoms with Crippen LogP contribution in [0.2, 0.25) is 0 Å². The highest BCUT2D eigenvalue weighted by Gasteiger charge is 2.33. The summed E-state index contributed by atoms with van der Waals surface area (Å²) in [5.41, 5.74) is 2.50. The SMILES string of the molecule is Cc1noc2nc(C(C)C)cc(C(=O)N3CCCC(N4CCNCC4=O)C3)c12. The van der Waals surface area contributed by atoms with Gasteiger partial charge in [0.15, 0.2) is 0 Å². The zero-order valence-corrected chi connectivity index (χ0v) is 16.7. The van der Waals surface area contributed by atoms with Crippen LogP contribution in [0.5, 0.6) is 0 Å². The van der Waals surface area contributed by atoms with E-state index in [2.05, 4.69) is 15.5 Å². The van der Waals surface area contributed by atoms with Crippen molar-refractivity contribution in [3.8, 4) is 0 Å². The van der Waals surface area contributed by atoms with E-state index in [1.54, 1.807) is 0 Å². The molecule has 2 aliphatic heterocycles. The van der Waals surface area contributed by atoms with Gasteiger partial charge in [0, 0.05) is 37.9 Å². The second-order valence-electron chi connectivity index (χ2n) is 8.01. The summed E-state index contributed by atoms with van der Waals surface area (Å²) in [6.07, 6.45) is 1.83. The molecule has 0 aromatic carbocycles. The highest BCUT2D eigenvalue weighted by molar-refractivity contribution is 6.06. The van der Waals surface area contributed by atoms with Gasteiger partial charge in [-0.05, 0) is 31.7 Å². The lowest BCUT2D eigenvalue weighted by Gasteiger charge is -2.41. The van der Waals surface area contributed by atoms with E-state index in [0.29, 0.717) is 48.5 Å². The van der Waals surface area contributed by atoms with Gasteiger partial charge in [0.1, 0.15) is 0 Å². The quantitative estimate of drug-likeness (QED) is 0.865. The molecule has 2 saturated heterocycles. The summed E-state index contributed by atoms with van der Waals surface area (Å²) in [4.78, 5) is 34.1. The van der Waals surface area contributed by atoms with E-state index in [0.717, 1.165) is 25.1 Å². The minimum absolute atomic E-state index is 0.0344. The average molecular weight is 385 g/mol. The molecule has 0 aliphatic carbocycles.